The largest absolute Gasteiger partial charge is 0.480 e. The molecule has 1 aliphatic rings. The summed E-state index contributed by atoms with van der Waals surface area (Å²) in [5.74, 6) is -1.26. The Morgan fingerprint density at radius 3 is 2.40 bits per heavy atom. The van der Waals surface area contributed by atoms with E-state index in [1.807, 2.05) is 11.0 Å². The van der Waals surface area contributed by atoms with Crippen LogP contribution < -0.4 is 10.6 Å². The van der Waals surface area contributed by atoms with Crippen LogP contribution in [0.3, 0.4) is 0 Å². The first-order chi connectivity index (χ1) is 9.47. The van der Waals surface area contributed by atoms with Crippen molar-refractivity contribution in [2.45, 2.75) is 0 Å². The summed E-state index contributed by atoms with van der Waals surface area (Å²) in [7, 11) is 0. The van der Waals surface area contributed by atoms with Crippen molar-refractivity contribution in [1.82, 2.24) is 4.90 Å². The maximum atomic E-state index is 11.1. The number of amides is 1. The summed E-state index contributed by atoms with van der Waals surface area (Å²) in [4.78, 5) is 25.8. The molecule has 0 aliphatic carbocycles. The van der Waals surface area contributed by atoms with Gasteiger partial charge in [0, 0.05) is 36.2 Å². The summed E-state index contributed by atoms with van der Waals surface area (Å²) in [6.45, 7) is 2.99. The molecule has 0 atom stereocenters. The van der Waals surface area contributed by atoms with Gasteiger partial charge in [0.2, 0.25) is 5.91 Å². The summed E-state index contributed by atoms with van der Waals surface area (Å²) in [5.41, 5.74) is 6.69. The van der Waals surface area contributed by atoms with Gasteiger partial charge in [-0.3, -0.25) is 14.5 Å². The summed E-state index contributed by atoms with van der Waals surface area (Å²) in [5, 5.41) is 8.77. The molecule has 1 fully saturated rings. The van der Waals surface area contributed by atoms with Gasteiger partial charge in [0.1, 0.15) is 0 Å². The van der Waals surface area contributed by atoms with Crippen molar-refractivity contribution in [2.75, 3.05) is 37.6 Å². The smallest absolute Gasteiger partial charge is 0.317 e. The fourth-order valence-electron chi connectivity index (χ4n) is 2.25. The minimum atomic E-state index is -0.801. The highest BCUT2D eigenvalue weighted by Crippen LogP contribution is 2.28. The standard InChI is InChI=1S/C13H16BrN3O3/c14-10-7-9(13(15)20)1-2-11(10)17-5-3-16(4-6-17)8-12(18)19/h1-2,7H,3-6,8H2,(H2,15,20)(H,18,19). The van der Waals surface area contributed by atoms with Crippen molar-refractivity contribution in [1.29, 1.82) is 0 Å². The molecule has 108 valence electrons. The maximum absolute atomic E-state index is 11.1. The number of hydrogen-bond acceptors (Lipinski definition) is 4. The summed E-state index contributed by atoms with van der Waals surface area (Å²) in [6.07, 6.45) is 0. The minimum absolute atomic E-state index is 0.0790. The minimum Gasteiger partial charge on any atom is -0.480 e. The van der Waals surface area contributed by atoms with E-state index < -0.39 is 11.9 Å². The van der Waals surface area contributed by atoms with Crippen LogP contribution in [0.1, 0.15) is 10.4 Å². The molecule has 3 N–H and O–H groups in total. The molecule has 0 spiro atoms. The van der Waals surface area contributed by atoms with Crippen molar-refractivity contribution in [3.63, 3.8) is 0 Å². The lowest BCUT2D eigenvalue weighted by Crippen LogP contribution is -2.48. The number of nitrogens with two attached hydrogens (primary N) is 1. The van der Waals surface area contributed by atoms with Crippen LogP contribution in [-0.4, -0.2) is 54.6 Å². The zero-order valence-corrected chi connectivity index (χ0v) is 12.5. The number of halogens is 1. The number of carbonyl (C=O) groups is 2. The normalized spacial score (nSPS) is 16.1. The molecule has 20 heavy (non-hydrogen) atoms. The van der Waals surface area contributed by atoms with Gasteiger partial charge in [-0.2, -0.15) is 0 Å². The molecule has 1 aliphatic heterocycles. The van der Waals surface area contributed by atoms with Crippen LogP contribution in [0.5, 0.6) is 0 Å². The van der Waals surface area contributed by atoms with Crippen LogP contribution in [0.4, 0.5) is 5.69 Å². The monoisotopic (exact) mass is 341 g/mol. The fourth-order valence-corrected chi connectivity index (χ4v) is 2.88. The third-order valence-electron chi connectivity index (χ3n) is 3.30. The quantitative estimate of drug-likeness (QED) is 0.844. The second-order valence-corrected chi connectivity index (χ2v) is 5.54. The Morgan fingerprint density at radius 2 is 1.90 bits per heavy atom. The number of carboxylic acids is 1. The topological polar surface area (TPSA) is 86.9 Å². The van der Waals surface area contributed by atoms with Gasteiger partial charge >= 0.3 is 5.97 Å². The van der Waals surface area contributed by atoms with Gasteiger partial charge in [-0.25, -0.2) is 0 Å². The van der Waals surface area contributed by atoms with Crippen molar-refractivity contribution in [3.05, 3.63) is 28.2 Å². The first-order valence-corrected chi connectivity index (χ1v) is 7.05. The van der Waals surface area contributed by atoms with Gasteiger partial charge in [0.25, 0.3) is 0 Å². The molecule has 1 saturated heterocycles. The van der Waals surface area contributed by atoms with Gasteiger partial charge in [0.15, 0.2) is 0 Å². The first-order valence-electron chi connectivity index (χ1n) is 6.26. The predicted molar refractivity (Wildman–Crippen MR) is 78.9 cm³/mol. The molecule has 0 saturated carbocycles. The van der Waals surface area contributed by atoms with E-state index in [9.17, 15) is 9.59 Å². The van der Waals surface area contributed by atoms with Crippen LogP contribution in [0.25, 0.3) is 0 Å². The van der Waals surface area contributed by atoms with E-state index in [0.717, 1.165) is 23.2 Å². The van der Waals surface area contributed by atoms with Crippen LogP contribution in [0, 0.1) is 0 Å². The fraction of sp³-hybridized carbons (Fsp3) is 0.385. The number of anilines is 1. The molecule has 1 aromatic rings. The Bertz CT molecular complexity index is 528. The van der Waals surface area contributed by atoms with E-state index in [4.69, 9.17) is 10.8 Å². The third-order valence-corrected chi connectivity index (χ3v) is 3.94. The molecule has 0 aromatic heterocycles. The third kappa shape index (κ3) is 3.49. The SMILES string of the molecule is NC(=O)c1ccc(N2CCN(CC(=O)O)CC2)c(Br)c1. The number of primary amides is 1. The van der Waals surface area contributed by atoms with Gasteiger partial charge in [0.05, 0.1) is 12.2 Å². The maximum Gasteiger partial charge on any atom is 0.317 e. The van der Waals surface area contributed by atoms with Gasteiger partial charge in [-0.1, -0.05) is 0 Å². The highest BCUT2D eigenvalue weighted by molar-refractivity contribution is 9.10. The lowest BCUT2D eigenvalue weighted by molar-refractivity contribution is -0.138. The van der Waals surface area contributed by atoms with Crippen LogP contribution in [0.15, 0.2) is 22.7 Å². The van der Waals surface area contributed by atoms with Crippen molar-refractivity contribution >= 4 is 33.5 Å². The molecule has 1 aromatic carbocycles. The van der Waals surface area contributed by atoms with Crippen LogP contribution in [0.2, 0.25) is 0 Å². The van der Waals surface area contributed by atoms with Crippen molar-refractivity contribution in [3.8, 4) is 0 Å². The summed E-state index contributed by atoms with van der Waals surface area (Å²) < 4.78 is 0.820. The van der Waals surface area contributed by atoms with E-state index >= 15 is 0 Å². The Kier molecular flexibility index (Phi) is 4.61. The van der Waals surface area contributed by atoms with E-state index in [0.29, 0.717) is 18.7 Å². The van der Waals surface area contributed by atoms with E-state index in [2.05, 4.69) is 20.8 Å². The highest BCUT2D eigenvalue weighted by atomic mass is 79.9. The molecular weight excluding hydrogens is 326 g/mol. The lowest BCUT2D eigenvalue weighted by atomic mass is 10.1. The Morgan fingerprint density at radius 1 is 1.25 bits per heavy atom. The highest BCUT2D eigenvalue weighted by Gasteiger charge is 2.20. The molecule has 6 nitrogen and oxygen atoms in total. The van der Waals surface area contributed by atoms with Crippen molar-refractivity contribution < 1.29 is 14.7 Å². The zero-order valence-electron chi connectivity index (χ0n) is 10.9. The molecule has 7 heteroatoms. The number of carbonyl (C=O) groups excluding carboxylic acids is 1. The number of aliphatic carboxylic acids is 1. The van der Waals surface area contributed by atoms with Crippen LogP contribution >= 0.6 is 15.9 Å². The average molecular weight is 342 g/mol. The van der Waals surface area contributed by atoms with Gasteiger partial charge in [-0.15, -0.1) is 0 Å². The number of benzene rings is 1. The molecular formula is C13H16BrN3O3. The number of nitrogens with zero attached hydrogens (tertiary/aromatic N) is 2. The Labute approximate surface area is 125 Å². The molecule has 0 radical (unpaired) electrons. The zero-order chi connectivity index (χ0) is 14.7. The predicted octanol–water partition coefficient (Wildman–Crippen LogP) is 0.755. The second kappa shape index (κ2) is 6.23. The Balaban J connectivity index is 2.03. The molecule has 0 bridgehead atoms. The van der Waals surface area contributed by atoms with Gasteiger partial charge < -0.3 is 15.7 Å². The molecule has 0 unspecified atom stereocenters. The molecule has 2 rings (SSSR count). The average Bonchev–Trinajstić information content (AvgIpc) is 2.39. The number of carboxylic acid groups (broad SMARTS) is 1. The Hall–Kier alpha value is -1.60. The van der Waals surface area contributed by atoms with Gasteiger partial charge in [-0.05, 0) is 34.1 Å². The first kappa shape index (κ1) is 14.8. The lowest BCUT2D eigenvalue weighted by Gasteiger charge is -2.35. The summed E-state index contributed by atoms with van der Waals surface area (Å²) >= 11 is 3.45. The number of rotatable bonds is 4. The van der Waals surface area contributed by atoms with Crippen LogP contribution in [-0.2, 0) is 4.79 Å². The molecule has 1 amide bonds. The number of piperazine rings is 1. The van der Waals surface area contributed by atoms with Crippen molar-refractivity contribution in [2.24, 2.45) is 5.73 Å². The molecule has 1 heterocycles. The van der Waals surface area contributed by atoms with E-state index in [-0.39, 0.29) is 6.54 Å². The van der Waals surface area contributed by atoms with E-state index in [1.54, 1.807) is 12.1 Å². The second-order valence-electron chi connectivity index (χ2n) is 4.69. The summed E-state index contributed by atoms with van der Waals surface area (Å²) in [6, 6.07) is 5.27. The number of hydrogen-bond donors (Lipinski definition) is 2. The van der Waals surface area contributed by atoms with E-state index in [1.165, 1.54) is 0 Å².